The molecule has 0 bridgehead atoms. The second-order valence-electron chi connectivity index (χ2n) is 3.93. The smallest absolute Gasteiger partial charge is 0.282 e. The second kappa shape index (κ2) is 5.97. The lowest BCUT2D eigenvalue weighted by atomic mass is 10.2. The van der Waals surface area contributed by atoms with Gasteiger partial charge in [0.05, 0.1) is 0 Å². The summed E-state index contributed by atoms with van der Waals surface area (Å²) in [6.07, 6.45) is 1.88. The Morgan fingerprint density at radius 1 is 1.33 bits per heavy atom. The van der Waals surface area contributed by atoms with E-state index in [4.69, 9.17) is 4.42 Å². The van der Waals surface area contributed by atoms with Crippen molar-refractivity contribution in [3.63, 3.8) is 0 Å². The van der Waals surface area contributed by atoms with E-state index in [1.807, 2.05) is 13.1 Å². The van der Waals surface area contributed by atoms with Crippen molar-refractivity contribution in [1.82, 2.24) is 20.5 Å². The first-order valence-corrected chi connectivity index (χ1v) is 6.65. The minimum absolute atomic E-state index is 0.530. The molecule has 0 aliphatic heterocycles. The molecule has 2 aromatic heterocycles. The fraction of sp³-hybridized carbons (Fsp3) is 0.417. The van der Waals surface area contributed by atoms with E-state index < -0.39 is 0 Å². The van der Waals surface area contributed by atoms with Gasteiger partial charge in [0.15, 0.2) is 0 Å². The summed E-state index contributed by atoms with van der Waals surface area (Å²) in [5, 5.41) is 12.5. The Morgan fingerprint density at radius 2 is 2.17 bits per heavy atom. The first-order chi connectivity index (χ1) is 8.69. The molecule has 0 unspecified atom stereocenters. The van der Waals surface area contributed by atoms with Crippen LogP contribution >= 0.6 is 11.8 Å². The molecule has 0 aliphatic carbocycles. The maximum Gasteiger partial charge on any atom is 0.282 e. The van der Waals surface area contributed by atoms with Crippen LogP contribution in [-0.2, 0) is 6.54 Å². The zero-order valence-electron chi connectivity index (χ0n) is 10.7. The Bertz CT molecular complexity index is 527. The highest BCUT2D eigenvalue weighted by Gasteiger charge is 2.09. The molecule has 0 aliphatic rings. The lowest BCUT2D eigenvalue weighted by Gasteiger charge is -2.05. The van der Waals surface area contributed by atoms with Gasteiger partial charge in [0.2, 0.25) is 5.89 Å². The molecule has 0 aromatic carbocycles. The Balaban J connectivity index is 2.09. The van der Waals surface area contributed by atoms with Crippen molar-refractivity contribution in [2.75, 3.05) is 6.54 Å². The van der Waals surface area contributed by atoms with Gasteiger partial charge in [-0.25, -0.2) is 4.98 Å². The minimum Gasteiger partial charge on any atom is -0.416 e. The third-order valence-electron chi connectivity index (χ3n) is 2.36. The van der Waals surface area contributed by atoms with Gasteiger partial charge in [-0.15, -0.1) is 10.2 Å². The van der Waals surface area contributed by atoms with E-state index in [1.165, 1.54) is 17.3 Å². The van der Waals surface area contributed by atoms with Crippen LogP contribution in [-0.4, -0.2) is 21.7 Å². The summed E-state index contributed by atoms with van der Waals surface area (Å²) in [6.45, 7) is 7.69. The van der Waals surface area contributed by atoms with E-state index in [1.54, 1.807) is 6.92 Å². The van der Waals surface area contributed by atoms with E-state index in [9.17, 15) is 0 Å². The number of hydrogen-bond donors (Lipinski definition) is 1. The molecule has 96 valence electrons. The van der Waals surface area contributed by atoms with Crippen molar-refractivity contribution in [3.05, 3.63) is 29.3 Å². The van der Waals surface area contributed by atoms with Gasteiger partial charge in [0.1, 0.15) is 5.03 Å². The van der Waals surface area contributed by atoms with Gasteiger partial charge in [-0.2, -0.15) is 0 Å². The van der Waals surface area contributed by atoms with Crippen LogP contribution in [0.2, 0.25) is 0 Å². The van der Waals surface area contributed by atoms with Crippen LogP contribution in [0.4, 0.5) is 0 Å². The van der Waals surface area contributed by atoms with Gasteiger partial charge in [-0.3, -0.25) is 0 Å². The summed E-state index contributed by atoms with van der Waals surface area (Å²) in [5.74, 6) is 0.568. The lowest BCUT2D eigenvalue weighted by Crippen LogP contribution is -2.12. The largest absolute Gasteiger partial charge is 0.416 e. The monoisotopic (exact) mass is 264 g/mol. The predicted octanol–water partition coefficient (Wildman–Crippen LogP) is 2.34. The van der Waals surface area contributed by atoms with Crippen molar-refractivity contribution in [2.45, 2.75) is 37.6 Å². The van der Waals surface area contributed by atoms with Crippen molar-refractivity contribution in [2.24, 2.45) is 0 Å². The third-order valence-corrected chi connectivity index (χ3v) is 3.32. The SMILES string of the molecule is CCNCc1cnc(Sc2nnc(C)o2)c(C)c1. The molecule has 0 amide bonds. The number of pyridine rings is 1. The standard InChI is InChI=1S/C12H16N4OS/c1-4-13-6-10-5-8(2)11(14-7-10)18-12-16-15-9(3)17-12/h5,7,13H,4,6H2,1-3H3. The third kappa shape index (κ3) is 3.30. The Morgan fingerprint density at radius 3 is 2.78 bits per heavy atom. The average molecular weight is 264 g/mol. The summed E-state index contributed by atoms with van der Waals surface area (Å²) in [7, 11) is 0. The summed E-state index contributed by atoms with van der Waals surface area (Å²) in [6, 6.07) is 2.13. The van der Waals surface area contributed by atoms with Crippen LogP contribution in [0.1, 0.15) is 23.9 Å². The Kier molecular flexibility index (Phi) is 4.33. The van der Waals surface area contributed by atoms with Crippen LogP contribution in [0.15, 0.2) is 26.9 Å². The number of aryl methyl sites for hydroxylation is 2. The molecule has 6 heteroatoms. The number of nitrogens with one attached hydrogen (secondary N) is 1. The van der Waals surface area contributed by atoms with Crippen LogP contribution in [0.5, 0.6) is 0 Å². The highest BCUT2D eigenvalue weighted by atomic mass is 32.2. The van der Waals surface area contributed by atoms with Crippen LogP contribution in [0.25, 0.3) is 0 Å². The highest BCUT2D eigenvalue weighted by molar-refractivity contribution is 7.99. The van der Waals surface area contributed by atoms with Crippen molar-refractivity contribution in [1.29, 1.82) is 0 Å². The molecule has 0 spiro atoms. The van der Waals surface area contributed by atoms with E-state index in [2.05, 4.69) is 33.5 Å². The average Bonchev–Trinajstić information content (AvgIpc) is 2.75. The Hall–Kier alpha value is -1.40. The quantitative estimate of drug-likeness (QED) is 0.894. The molecule has 18 heavy (non-hydrogen) atoms. The van der Waals surface area contributed by atoms with Crippen molar-refractivity contribution in [3.8, 4) is 0 Å². The van der Waals surface area contributed by atoms with Gasteiger partial charge in [0, 0.05) is 19.7 Å². The molecule has 2 aromatic rings. The summed E-state index contributed by atoms with van der Waals surface area (Å²) < 4.78 is 5.33. The van der Waals surface area contributed by atoms with Gasteiger partial charge < -0.3 is 9.73 Å². The molecular weight excluding hydrogens is 248 g/mol. The van der Waals surface area contributed by atoms with E-state index in [-0.39, 0.29) is 0 Å². The zero-order chi connectivity index (χ0) is 13.0. The van der Waals surface area contributed by atoms with Crippen LogP contribution in [0.3, 0.4) is 0 Å². The van der Waals surface area contributed by atoms with Gasteiger partial charge in [-0.05, 0) is 36.4 Å². The second-order valence-corrected chi connectivity index (χ2v) is 4.88. The van der Waals surface area contributed by atoms with Gasteiger partial charge in [-0.1, -0.05) is 13.0 Å². The van der Waals surface area contributed by atoms with Gasteiger partial charge in [0.25, 0.3) is 5.22 Å². The fourth-order valence-electron chi connectivity index (χ4n) is 1.50. The normalized spacial score (nSPS) is 10.8. The van der Waals surface area contributed by atoms with E-state index in [0.717, 1.165) is 23.7 Å². The highest BCUT2D eigenvalue weighted by Crippen LogP contribution is 2.27. The van der Waals surface area contributed by atoms with E-state index in [0.29, 0.717) is 11.1 Å². The molecule has 1 N–H and O–H groups in total. The van der Waals surface area contributed by atoms with Crippen molar-refractivity contribution >= 4 is 11.8 Å². The number of hydrogen-bond acceptors (Lipinski definition) is 6. The molecule has 2 rings (SSSR count). The topological polar surface area (TPSA) is 63.8 Å². The lowest BCUT2D eigenvalue weighted by molar-refractivity contribution is 0.429. The molecule has 0 saturated carbocycles. The summed E-state index contributed by atoms with van der Waals surface area (Å²) >= 11 is 1.40. The van der Waals surface area contributed by atoms with Crippen LogP contribution < -0.4 is 5.32 Å². The molecule has 0 saturated heterocycles. The molecule has 0 radical (unpaired) electrons. The predicted molar refractivity (Wildman–Crippen MR) is 69.5 cm³/mol. The van der Waals surface area contributed by atoms with Crippen molar-refractivity contribution < 1.29 is 4.42 Å². The number of aromatic nitrogens is 3. The minimum atomic E-state index is 0.530. The maximum absolute atomic E-state index is 5.33. The number of nitrogens with zero attached hydrogens (tertiary/aromatic N) is 3. The molecular formula is C12H16N4OS. The summed E-state index contributed by atoms with van der Waals surface area (Å²) in [4.78, 5) is 4.43. The fourth-order valence-corrected chi connectivity index (χ4v) is 2.23. The number of rotatable bonds is 5. The van der Waals surface area contributed by atoms with E-state index >= 15 is 0 Å². The first kappa shape index (κ1) is 13.0. The molecule has 5 nitrogen and oxygen atoms in total. The van der Waals surface area contributed by atoms with Gasteiger partial charge >= 0.3 is 0 Å². The first-order valence-electron chi connectivity index (χ1n) is 5.83. The maximum atomic E-state index is 5.33. The zero-order valence-corrected chi connectivity index (χ0v) is 11.5. The summed E-state index contributed by atoms with van der Waals surface area (Å²) in [5.41, 5.74) is 2.30. The van der Waals surface area contributed by atoms with Crippen LogP contribution in [0, 0.1) is 13.8 Å². The molecule has 0 atom stereocenters. The molecule has 2 heterocycles. The Labute approximate surface area is 110 Å². The molecule has 0 fully saturated rings.